The number of hydrogen-bond acceptors (Lipinski definition) is 11. The zero-order valence-corrected chi connectivity index (χ0v) is 33.3. The molecule has 3 saturated heterocycles. The van der Waals surface area contributed by atoms with Gasteiger partial charge in [-0.05, 0) is 105 Å². The zero-order chi connectivity index (χ0) is 40.2. The van der Waals surface area contributed by atoms with Gasteiger partial charge in [0.2, 0.25) is 17.6 Å². The van der Waals surface area contributed by atoms with E-state index >= 15 is 0 Å². The van der Waals surface area contributed by atoms with Gasteiger partial charge in [0.1, 0.15) is 11.8 Å². The molecule has 3 aromatic rings. The lowest BCUT2D eigenvalue weighted by Gasteiger charge is -2.40. The molecule has 58 heavy (non-hydrogen) atoms. The van der Waals surface area contributed by atoms with Gasteiger partial charge in [-0.25, -0.2) is 0 Å². The Morgan fingerprint density at radius 3 is 2.29 bits per heavy atom. The van der Waals surface area contributed by atoms with Crippen molar-refractivity contribution in [1.29, 1.82) is 5.26 Å². The number of Topliss-reactive ketones (excluding diaryl/α,β-unsaturated/α-hetero) is 1. The Kier molecular flexibility index (Phi) is 12.1. The van der Waals surface area contributed by atoms with Crippen molar-refractivity contribution >= 4 is 52.7 Å². The van der Waals surface area contributed by atoms with Crippen LogP contribution in [0.25, 0.3) is 0 Å². The van der Waals surface area contributed by atoms with Crippen molar-refractivity contribution in [2.24, 2.45) is 10.9 Å². The number of ketones is 1. The second-order valence-electron chi connectivity index (χ2n) is 16.1. The molecule has 0 aromatic heterocycles. The predicted octanol–water partition coefficient (Wildman–Crippen LogP) is 4.71. The van der Waals surface area contributed by atoms with Gasteiger partial charge in [0.05, 0.1) is 22.7 Å². The minimum absolute atomic E-state index is 0.0427. The highest BCUT2D eigenvalue weighted by Crippen LogP contribution is 2.29. The third kappa shape index (κ3) is 9.20. The second-order valence-corrected chi connectivity index (χ2v) is 16.5. The number of rotatable bonds is 10. The van der Waals surface area contributed by atoms with Gasteiger partial charge >= 0.3 is 0 Å². The maximum absolute atomic E-state index is 13.2. The summed E-state index contributed by atoms with van der Waals surface area (Å²) in [5.41, 5.74) is 4.70. The fourth-order valence-electron chi connectivity index (χ4n) is 8.81. The number of ether oxygens (including phenoxy) is 1. The lowest BCUT2D eigenvalue weighted by atomic mass is 9.92. The van der Waals surface area contributed by atoms with Gasteiger partial charge in [0, 0.05) is 98.6 Å². The van der Waals surface area contributed by atoms with E-state index in [2.05, 4.69) is 53.8 Å². The summed E-state index contributed by atoms with van der Waals surface area (Å²) < 4.78 is 6.10. The molecule has 0 bridgehead atoms. The molecule has 0 radical (unpaired) electrons. The van der Waals surface area contributed by atoms with E-state index in [1.807, 2.05) is 30.3 Å². The van der Waals surface area contributed by atoms with Crippen molar-refractivity contribution in [2.45, 2.75) is 75.7 Å². The summed E-state index contributed by atoms with van der Waals surface area (Å²) in [4.78, 5) is 61.8. The van der Waals surface area contributed by atoms with Crippen molar-refractivity contribution < 1.29 is 23.9 Å². The normalized spacial score (nSPS) is 24.2. The minimum Gasteiger partial charge on any atom is -0.490 e. The molecule has 13 nitrogen and oxygen atoms in total. The van der Waals surface area contributed by atoms with E-state index in [1.54, 1.807) is 24.4 Å². The molecule has 1 unspecified atom stereocenters. The molecule has 4 aliphatic heterocycles. The number of nitriles is 1. The molecular weight excluding hydrogens is 756 g/mol. The van der Waals surface area contributed by atoms with E-state index in [0.717, 1.165) is 101 Å². The third-order valence-electron chi connectivity index (χ3n) is 12.2. The van der Waals surface area contributed by atoms with Crippen LogP contribution >= 0.6 is 11.6 Å². The van der Waals surface area contributed by atoms with E-state index in [0.29, 0.717) is 39.8 Å². The van der Waals surface area contributed by atoms with E-state index in [-0.39, 0.29) is 36.2 Å². The van der Waals surface area contributed by atoms with Crippen molar-refractivity contribution in [2.75, 3.05) is 55.6 Å². The number of hydrogen-bond donors (Lipinski definition) is 3. The van der Waals surface area contributed by atoms with Crippen molar-refractivity contribution in [3.63, 3.8) is 0 Å². The van der Waals surface area contributed by atoms with Crippen LogP contribution in [0.5, 0.6) is 5.75 Å². The number of nitrogens with zero attached hydrogens (tertiary/aromatic N) is 5. The van der Waals surface area contributed by atoms with Crippen LogP contribution < -0.4 is 30.5 Å². The molecule has 4 fully saturated rings. The molecule has 1 aliphatic carbocycles. The average molecular weight is 805 g/mol. The maximum atomic E-state index is 13.2. The van der Waals surface area contributed by atoms with Crippen LogP contribution in [0.4, 0.5) is 11.4 Å². The molecule has 14 heteroatoms. The van der Waals surface area contributed by atoms with Gasteiger partial charge in [-0.3, -0.25) is 39.7 Å². The van der Waals surface area contributed by atoms with Crippen molar-refractivity contribution in [3.8, 4) is 11.8 Å². The molecule has 2 atom stereocenters. The monoisotopic (exact) mass is 804 g/mol. The SMILES string of the molecule is N#Cc1ccc(O[C@H]2CC[C@H](NC(=O)c3ccc(N4CCC(CN5CCN(c6ccc7c(c6)C=NC(N[C@H]6CCC(=O)NC6=O)C7=O)CC5)CC4)cc3)CC2)cc1Cl. The van der Waals surface area contributed by atoms with Gasteiger partial charge in [-0.1, -0.05) is 11.6 Å². The Bertz CT molecular complexity index is 2100. The number of piperazine rings is 1. The molecular formula is C44H49ClN8O5. The Hall–Kier alpha value is -5.29. The van der Waals surface area contributed by atoms with Gasteiger partial charge in [-0.15, -0.1) is 0 Å². The number of amides is 3. The summed E-state index contributed by atoms with van der Waals surface area (Å²) in [5, 5.41) is 18.0. The largest absolute Gasteiger partial charge is 0.490 e. The summed E-state index contributed by atoms with van der Waals surface area (Å²) in [5.74, 6) is 0.384. The highest BCUT2D eigenvalue weighted by molar-refractivity contribution is 6.31. The predicted molar refractivity (Wildman–Crippen MR) is 222 cm³/mol. The Morgan fingerprint density at radius 2 is 1.59 bits per heavy atom. The van der Waals surface area contributed by atoms with Crippen LogP contribution in [0.3, 0.4) is 0 Å². The lowest BCUT2D eigenvalue weighted by Crippen LogP contribution is -2.55. The van der Waals surface area contributed by atoms with Crippen LogP contribution in [0.2, 0.25) is 5.02 Å². The minimum atomic E-state index is -0.842. The van der Waals surface area contributed by atoms with E-state index in [1.165, 1.54) is 0 Å². The van der Waals surface area contributed by atoms with E-state index < -0.39 is 18.1 Å². The molecule has 302 valence electrons. The third-order valence-corrected chi connectivity index (χ3v) is 12.6. The van der Waals surface area contributed by atoms with Crippen LogP contribution in [0.1, 0.15) is 83.2 Å². The summed E-state index contributed by atoms with van der Waals surface area (Å²) in [6, 6.07) is 20.6. The van der Waals surface area contributed by atoms with E-state index in [9.17, 15) is 19.2 Å². The molecule has 8 rings (SSSR count). The Labute approximate surface area is 343 Å². The van der Waals surface area contributed by atoms with Crippen LogP contribution in [0, 0.1) is 17.2 Å². The number of benzene rings is 3. The number of nitrogens with one attached hydrogen (secondary N) is 3. The summed E-state index contributed by atoms with van der Waals surface area (Å²) in [6.07, 6.45) is 7.12. The van der Waals surface area contributed by atoms with Crippen LogP contribution in [0.15, 0.2) is 65.7 Å². The fraction of sp³-hybridized carbons (Fsp3) is 0.455. The standard InChI is InChI=1S/C44H49ClN8O5/c45-38-24-36(9-3-30(38)25-46)58-35-10-4-32(5-11-35)48-43(56)29-1-6-33(7-2-29)52-17-15-28(16-18-52)27-51-19-21-53(22-20-51)34-8-12-37-31(23-34)26-47-42(41(37)55)49-39-13-14-40(54)50-44(39)57/h1-3,6-9,12,23-24,26,28,32,35,39,42,49H,4-5,10-11,13-22,27H2,(H,48,56)(H,50,54,57)/t32-,35-,39-,42?/m0/s1. The van der Waals surface area contributed by atoms with Gasteiger partial charge in [0.25, 0.3) is 5.91 Å². The molecule has 3 amide bonds. The first-order valence-electron chi connectivity index (χ1n) is 20.5. The van der Waals surface area contributed by atoms with Crippen molar-refractivity contribution in [1.82, 2.24) is 20.9 Å². The quantitative estimate of drug-likeness (QED) is 0.245. The first-order valence-corrected chi connectivity index (χ1v) is 20.9. The number of carbonyl (C=O) groups excluding carboxylic acids is 4. The second kappa shape index (κ2) is 17.7. The lowest BCUT2D eigenvalue weighted by molar-refractivity contribution is -0.134. The number of fused-ring (bicyclic) bond motifs is 1. The smallest absolute Gasteiger partial charge is 0.251 e. The molecule has 1 saturated carbocycles. The maximum Gasteiger partial charge on any atom is 0.251 e. The molecule has 3 aromatic carbocycles. The van der Waals surface area contributed by atoms with Crippen molar-refractivity contribution in [3.05, 3.63) is 87.9 Å². The zero-order valence-electron chi connectivity index (χ0n) is 32.5. The first kappa shape index (κ1) is 39.5. The number of anilines is 2. The fourth-order valence-corrected chi connectivity index (χ4v) is 9.02. The van der Waals surface area contributed by atoms with Gasteiger partial charge in [0.15, 0.2) is 6.17 Å². The van der Waals surface area contributed by atoms with Gasteiger partial charge in [-0.2, -0.15) is 5.26 Å². The highest BCUT2D eigenvalue weighted by atomic mass is 35.5. The molecule has 3 N–H and O–H groups in total. The topological polar surface area (TPSA) is 159 Å². The number of carbonyl (C=O) groups is 4. The summed E-state index contributed by atoms with van der Waals surface area (Å²) >= 11 is 6.16. The Morgan fingerprint density at radius 1 is 0.862 bits per heavy atom. The first-order chi connectivity index (χ1) is 28.2. The Balaban J connectivity index is 0.739. The number of imide groups is 1. The summed E-state index contributed by atoms with van der Waals surface area (Å²) in [7, 11) is 0. The number of aliphatic imine (C=N–C) groups is 1. The molecule has 5 aliphatic rings. The van der Waals surface area contributed by atoms with E-state index in [4.69, 9.17) is 21.6 Å². The molecule has 0 spiro atoms. The number of piperidine rings is 2. The average Bonchev–Trinajstić information content (AvgIpc) is 3.24. The highest BCUT2D eigenvalue weighted by Gasteiger charge is 2.33. The molecule has 4 heterocycles. The summed E-state index contributed by atoms with van der Waals surface area (Å²) in [6.45, 7) is 6.86. The van der Waals surface area contributed by atoms with Gasteiger partial charge < -0.3 is 19.9 Å². The number of halogens is 1. The van der Waals surface area contributed by atoms with Crippen LogP contribution in [-0.4, -0.2) is 105 Å². The van der Waals surface area contributed by atoms with Crippen LogP contribution in [-0.2, 0) is 9.59 Å².